The van der Waals surface area contributed by atoms with Crippen molar-refractivity contribution < 1.29 is 18.7 Å². The third kappa shape index (κ3) is 5.54. The Morgan fingerprint density at radius 3 is 2.74 bits per heavy atom. The van der Waals surface area contributed by atoms with Gasteiger partial charge in [-0.3, -0.25) is 9.97 Å². The molecular formula is C26H26ClFN4O3. The van der Waals surface area contributed by atoms with Crippen LogP contribution in [0.3, 0.4) is 0 Å². The summed E-state index contributed by atoms with van der Waals surface area (Å²) in [5.41, 5.74) is 3.91. The maximum absolute atomic E-state index is 13.9. The molecule has 3 heterocycles. The first-order chi connectivity index (χ1) is 16.6. The van der Waals surface area contributed by atoms with E-state index in [-0.39, 0.29) is 11.6 Å². The Bertz CT molecular complexity index is 1370. The number of halogens is 2. The molecule has 3 aromatic heterocycles. The lowest BCUT2D eigenvalue weighted by Gasteiger charge is -2.24. The Morgan fingerprint density at radius 1 is 1.20 bits per heavy atom. The van der Waals surface area contributed by atoms with Crippen molar-refractivity contribution in [3.8, 4) is 28.1 Å². The van der Waals surface area contributed by atoms with Gasteiger partial charge in [0.15, 0.2) is 0 Å². The molecule has 0 radical (unpaired) electrons. The predicted molar refractivity (Wildman–Crippen MR) is 134 cm³/mol. The van der Waals surface area contributed by atoms with Crippen molar-refractivity contribution >= 4 is 28.7 Å². The minimum Gasteiger partial charge on any atom is -0.489 e. The number of amides is 1. The summed E-state index contributed by atoms with van der Waals surface area (Å²) in [5, 5.41) is 0.0233. The van der Waals surface area contributed by atoms with Crippen molar-refractivity contribution in [3.63, 3.8) is 0 Å². The Balaban J connectivity index is 1.66. The first kappa shape index (κ1) is 24.5. The topological polar surface area (TPSA) is 80.3 Å². The van der Waals surface area contributed by atoms with Crippen LogP contribution >= 0.6 is 11.6 Å². The van der Waals surface area contributed by atoms with E-state index in [1.54, 1.807) is 37.8 Å². The Labute approximate surface area is 207 Å². The molecule has 4 aromatic rings. The molecule has 35 heavy (non-hydrogen) atoms. The molecule has 0 aliphatic heterocycles. The molecule has 7 nitrogen and oxygen atoms in total. The number of carbonyl (C=O) groups excluding carboxylic acids is 1. The second-order valence-electron chi connectivity index (χ2n) is 9.03. The highest BCUT2D eigenvalue weighted by Crippen LogP contribution is 2.41. The van der Waals surface area contributed by atoms with Crippen LogP contribution in [0.1, 0.15) is 20.8 Å². The summed E-state index contributed by atoms with van der Waals surface area (Å²) in [6.45, 7) is 6.00. The smallest absolute Gasteiger partial charge is 0.410 e. The molecule has 0 aliphatic carbocycles. The van der Waals surface area contributed by atoms with Gasteiger partial charge in [0.2, 0.25) is 0 Å². The number of pyridine rings is 2. The molecule has 0 spiro atoms. The van der Waals surface area contributed by atoms with E-state index in [9.17, 15) is 9.18 Å². The van der Waals surface area contributed by atoms with Crippen LogP contribution in [0.2, 0.25) is 5.02 Å². The van der Waals surface area contributed by atoms with Gasteiger partial charge in [-0.2, -0.15) is 0 Å². The number of fused-ring (bicyclic) bond motifs is 1. The summed E-state index contributed by atoms with van der Waals surface area (Å²) in [4.78, 5) is 25.8. The van der Waals surface area contributed by atoms with Crippen molar-refractivity contribution in [3.05, 3.63) is 65.8 Å². The molecule has 9 heteroatoms. The first-order valence-electron chi connectivity index (χ1n) is 11.1. The Hall–Kier alpha value is -3.65. The van der Waals surface area contributed by atoms with Crippen molar-refractivity contribution in [2.75, 3.05) is 20.2 Å². The summed E-state index contributed by atoms with van der Waals surface area (Å²) in [6, 6.07) is 10.2. The number of ether oxygens (including phenoxy) is 2. The van der Waals surface area contributed by atoms with Crippen LogP contribution in [0.4, 0.5) is 9.18 Å². The monoisotopic (exact) mass is 496 g/mol. The van der Waals surface area contributed by atoms with Gasteiger partial charge in [-0.1, -0.05) is 17.7 Å². The number of benzene rings is 1. The van der Waals surface area contributed by atoms with Crippen LogP contribution in [0.15, 0.2) is 55.0 Å². The molecule has 1 aromatic carbocycles. The predicted octanol–water partition coefficient (Wildman–Crippen LogP) is 6.33. The quantitative estimate of drug-likeness (QED) is 0.337. The number of hydrogen-bond acceptors (Lipinski definition) is 5. The SMILES string of the molecule is CN(CCOc1cnccc1-c1[nH]c2cccnc2c1-c1ccc(F)c(Cl)c1)C(=O)OC(C)(C)C. The van der Waals surface area contributed by atoms with E-state index in [1.807, 2.05) is 39.0 Å². The van der Waals surface area contributed by atoms with Gasteiger partial charge in [0, 0.05) is 30.6 Å². The highest BCUT2D eigenvalue weighted by atomic mass is 35.5. The lowest BCUT2D eigenvalue weighted by molar-refractivity contribution is 0.0278. The van der Waals surface area contributed by atoms with Gasteiger partial charge in [-0.25, -0.2) is 9.18 Å². The molecule has 0 saturated heterocycles. The summed E-state index contributed by atoms with van der Waals surface area (Å²) in [7, 11) is 1.65. The summed E-state index contributed by atoms with van der Waals surface area (Å²) < 4.78 is 25.3. The fourth-order valence-corrected chi connectivity index (χ4v) is 3.76. The van der Waals surface area contributed by atoms with Gasteiger partial charge in [0.25, 0.3) is 0 Å². The van der Waals surface area contributed by atoms with Crippen LogP contribution in [0.25, 0.3) is 33.4 Å². The van der Waals surface area contributed by atoms with Crippen molar-refractivity contribution in [1.29, 1.82) is 0 Å². The molecule has 0 fully saturated rings. The third-order valence-electron chi connectivity index (χ3n) is 5.21. The number of rotatable bonds is 6. The number of nitrogens with zero attached hydrogens (tertiary/aromatic N) is 3. The molecule has 1 N–H and O–H groups in total. The van der Waals surface area contributed by atoms with Crippen LogP contribution < -0.4 is 4.74 Å². The highest BCUT2D eigenvalue weighted by Gasteiger charge is 2.21. The van der Waals surface area contributed by atoms with Crippen LogP contribution in [0.5, 0.6) is 5.75 Å². The van der Waals surface area contributed by atoms with E-state index in [0.29, 0.717) is 17.9 Å². The second kappa shape index (κ2) is 9.92. The zero-order valence-electron chi connectivity index (χ0n) is 19.9. The maximum Gasteiger partial charge on any atom is 0.410 e. The number of hydrogen-bond donors (Lipinski definition) is 1. The third-order valence-corrected chi connectivity index (χ3v) is 5.50. The standard InChI is InChI=1S/C26H26ClFN4O3/c1-26(2,3)35-25(33)32(4)12-13-34-21-15-29-11-9-17(21)23-22(16-7-8-19(28)18(27)14-16)24-20(31-23)6-5-10-30-24/h5-11,14-15,31H,12-13H2,1-4H3. The highest BCUT2D eigenvalue weighted by molar-refractivity contribution is 6.31. The number of carbonyl (C=O) groups is 1. The zero-order valence-corrected chi connectivity index (χ0v) is 20.7. The molecule has 0 unspecified atom stereocenters. The number of aromatic amines is 1. The van der Waals surface area contributed by atoms with Gasteiger partial charge in [0.05, 0.1) is 34.5 Å². The molecule has 0 saturated carbocycles. The number of likely N-dealkylation sites (N-methyl/N-ethyl adjacent to an activating group) is 1. The summed E-state index contributed by atoms with van der Waals surface area (Å²) in [6.07, 6.45) is 4.55. The van der Waals surface area contributed by atoms with Gasteiger partial charge in [-0.05, 0) is 56.7 Å². The van der Waals surface area contributed by atoms with Crippen LogP contribution in [-0.4, -0.2) is 51.7 Å². The Morgan fingerprint density at radius 2 is 2.00 bits per heavy atom. The molecule has 0 aliphatic rings. The number of nitrogens with one attached hydrogen (secondary N) is 1. The molecule has 182 valence electrons. The minimum absolute atomic E-state index is 0.0233. The second-order valence-corrected chi connectivity index (χ2v) is 9.43. The van der Waals surface area contributed by atoms with Gasteiger partial charge in [0.1, 0.15) is 23.8 Å². The summed E-state index contributed by atoms with van der Waals surface area (Å²) >= 11 is 6.09. The van der Waals surface area contributed by atoms with E-state index in [0.717, 1.165) is 27.9 Å². The van der Waals surface area contributed by atoms with Crippen LogP contribution in [0, 0.1) is 5.82 Å². The van der Waals surface area contributed by atoms with Crippen molar-refractivity contribution in [2.45, 2.75) is 26.4 Å². The van der Waals surface area contributed by atoms with Crippen molar-refractivity contribution in [1.82, 2.24) is 19.9 Å². The zero-order chi connectivity index (χ0) is 25.2. The molecule has 1 amide bonds. The average Bonchev–Trinajstić information content (AvgIpc) is 3.19. The minimum atomic E-state index is -0.577. The maximum atomic E-state index is 13.9. The van der Waals surface area contributed by atoms with Gasteiger partial charge >= 0.3 is 6.09 Å². The fraction of sp³-hybridized carbons (Fsp3) is 0.269. The van der Waals surface area contributed by atoms with E-state index >= 15 is 0 Å². The van der Waals surface area contributed by atoms with Crippen molar-refractivity contribution in [2.24, 2.45) is 0 Å². The van der Waals surface area contributed by atoms with E-state index in [4.69, 9.17) is 21.1 Å². The van der Waals surface area contributed by atoms with E-state index in [2.05, 4.69) is 15.0 Å². The largest absolute Gasteiger partial charge is 0.489 e. The van der Waals surface area contributed by atoms with E-state index < -0.39 is 17.5 Å². The van der Waals surface area contributed by atoms with Crippen LogP contribution in [-0.2, 0) is 4.74 Å². The lowest BCUT2D eigenvalue weighted by atomic mass is 10.0. The number of aromatic nitrogens is 3. The first-order valence-corrected chi connectivity index (χ1v) is 11.5. The van der Waals surface area contributed by atoms with Gasteiger partial charge < -0.3 is 19.4 Å². The molecular weight excluding hydrogens is 471 g/mol. The normalized spacial score (nSPS) is 11.5. The van der Waals surface area contributed by atoms with E-state index in [1.165, 1.54) is 11.0 Å². The number of H-pyrrole nitrogens is 1. The molecule has 0 bridgehead atoms. The Kier molecular flexibility index (Phi) is 6.93. The average molecular weight is 497 g/mol. The fourth-order valence-electron chi connectivity index (χ4n) is 3.58. The molecule has 4 rings (SSSR count). The lowest BCUT2D eigenvalue weighted by Crippen LogP contribution is -2.36. The molecule has 0 atom stereocenters. The summed E-state index contributed by atoms with van der Waals surface area (Å²) in [5.74, 6) is 0.0258. The van der Waals surface area contributed by atoms with Gasteiger partial charge in [-0.15, -0.1) is 0 Å².